The SMILES string of the molecule is CC(C)(C)OC(=O)N(Cc1cc[nH]n1)NC(=O)OCc1ccccc1. The van der Waals surface area contributed by atoms with Crippen LogP contribution in [0.15, 0.2) is 42.6 Å². The number of rotatable bonds is 4. The normalized spacial score (nSPS) is 10.8. The van der Waals surface area contributed by atoms with Crippen LogP contribution in [0.3, 0.4) is 0 Å². The van der Waals surface area contributed by atoms with Gasteiger partial charge in [-0.1, -0.05) is 30.3 Å². The summed E-state index contributed by atoms with van der Waals surface area (Å²) in [7, 11) is 0. The van der Waals surface area contributed by atoms with Gasteiger partial charge in [0.15, 0.2) is 0 Å². The minimum atomic E-state index is -0.759. The molecular weight excluding hydrogens is 324 g/mol. The fourth-order valence-electron chi connectivity index (χ4n) is 1.87. The molecule has 0 unspecified atom stereocenters. The van der Waals surface area contributed by atoms with Crippen molar-refractivity contribution in [1.82, 2.24) is 20.6 Å². The third-order valence-corrected chi connectivity index (χ3v) is 2.93. The highest BCUT2D eigenvalue weighted by atomic mass is 16.6. The molecule has 0 aliphatic rings. The first kappa shape index (κ1) is 18.3. The minimum Gasteiger partial charge on any atom is -0.443 e. The summed E-state index contributed by atoms with van der Waals surface area (Å²) in [6.45, 7) is 5.36. The van der Waals surface area contributed by atoms with Gasteiger partial charge in [-0.05, 0) is 32.4 Å². The molecule has 134 valence electrons. The maximum absolute atomic E-state index is 12.3. The lowest BCUT2D eigenvalue weighted by Crippen LogP contribution is -2.48. The van der Waals surface area contributed by atoms with Gasteiger partial charge < -0.3 is 9.47 Å². The second-order valence-electron chi connectivity index (χ2n) is 6.31. The first-order valence-electron chi connectivity index (χ1n) is 7.80. The van der Waals surface area contributed by atoms with Crippen molar-refractivity contribution in [3.63, 3.8) is 0 Å². The van der Waals surface area contributed by atoms with E-state index in [-0.39, 0.29) is 13.2 Å². The Morgan fingerprint density at radius 2 is 1.92 bits per heavy atom. The van der Waals surface area contributed by atoms with Crippen LogP contribution < -0.4 is 5.43 Å². The topological polar surface area (TPSA) is 96.5 Å². The van der Waals surface area contributed by atoms with Gasteiger partial charge in [0.1, 0.15) is 12.2 Å². The highest BCUT2D eigenvalue weighted by molar-refractivity contribution is 5.74. The molecule has 25 heavy (non-hydrogen) atoms. The van der Waals surface area contributed by atoms with Crippen molar-refractivity contribution in [3.8, 4) is 0 Å². The zero-order valence-electron chi connectivity index (χ0n) is 14.5. The molecule has 0 saturated heterocycles. The van der Waals surface area contributed by atoms with Gasteiger partial charge in [-0.2, -0.15) is 5.10 Å². The molecule has 2 rings (SSSR count). The predicted molar refractivity (Wildman–Crippen MR) is 90.1 cm³/mol. The van der Waals surface area contributed by atoms with E-state index in [9.17, 15) is 9.59 Å². The van der Waals surface area contributed by atoms with Crippen molar-refractivity contribution in [2.24, 2.45) is 0 Å². The smallest absolute Gasteiger partial charge is 0.429 e. The number of aromatic amines is 1. The molecule has 0 radical (unpaired) electrons. The third kappa shape index (κ3) is 6.54. The van der Waals surface area contributed by atoms with E-state index in [2.05, 4.69) is 15.6 Å². The molecule has 1 aromatic heterocycles. The Morgan fingerprint density at radius 1 is 1.20 bits per heavy atom. The maximum Gasteiger partial charge on any atom is 0.429 e. The van der Waals surface area contributed by atoms with Crippen molar-refractivity contribution >= 4 is 12.2 Å². The van der Waals surface area contributed by atoms with Crippen molar-refractivity contribution in [3.05, 3.63) is 53.9 Å². The van der Waals surface area contributed by atoms with Gasteiger partial charge in [0.05, 0.1) is 12.2 Å². The number of H-pyrrole nitrogens is 1. The molecule has 2 amide bonds. The summed E-state index contributed by atoms with van der Waals surface area (Å²) in [5.41, 5.74) is 3.10. The van der Waals surface area contributed by atoms with Gasteiger partial charge in [0.2, 0.25) is 0 Å². The molecule has 1 aromatic carbocycles. The Kier molecular flexibility index (Phi) is 5.99. The van der Waals surface area contributed by atoms with Gasteiger partial charge >= 0.3 is 12.2 Å². The molecule has 8 nitrogen and oxygen atoms in total. The second kappa shape index (κ2) is 8.18. The maximum atomic E-state index is 12.3. The zero-order chi connectivity index (χ0) is 18.3. The second-order valence-corrected chi connectivity index (χ2v) is 6.31. The largest absolute Gasteiger partial charge is 0.443 e. The number of nitrogens with one attached hydrogen (secondary N) is 2. The fourth-order valence-corrected chi connectivity index (χ4v) is 1.87. The van der Waals surface area contributed by atoms with Crippen LogP contribution in [0.25, 0.3) is 0 Å². The van der Waals surface area contributed by atoms with Crippen LogP contribution in [-0.2, 0) is 22.6 Å². The number of ether oxygens (including phenoxy) is 2. The number of amides is 2. The van der Waals surface area contributed by atoms with E-state index in [1.54, 1.807) is 33.0 Å². The standard InChI is InChI=1S/C17H22N4O4/c1-17(2,3)25-16(23)21(11-14-9-10-18-19-14)20-15(22)24-12-13-7-5-4-6-8-13/h4-10H,11-12H2,1-3H3,(H,18,19)(H,20,22). The molecule has 1 heterocycles. The number of benzene rings is 1. The summed E-state index contributed by atoms with van der Waals surface area (Å²) >= 11 is 0. The minimum absolute atomic E-state index is 0.0405. The fraction of sp³-hybridized carbons (Fsp3) is 0.353. The molecule has 0 aliphatic carbocycles. The molecule has 0 fully saturated rings. The number of carbonyl (C=O) groups is 2. The van der Waals surface area contributed by atoms with Crippen LogP contribution in [0.5, 0.6) is 0 Å². The van der Waals surface area contributed by atoms with Crippen molar-refractivity contribution < 1.29 is 19.1 Å². The first-order chi connectivity index (χ1) is 11.8. The van der Waals surface area contributed by atoms with Crippen LogP contribution >= 0.6 is 0 Å². The Labute approximate surface area is 146 Å². The monoisotopic (exact) mass is 346 g/mol. The molecule has 0 saturated carbocycles. The molecule has 8 heteroatoms. The van der Waals surface area contributed by atoms with Crippen LogP contribution in [0, 0.1) is 0 Å². The van der Waals surface area contributed by atoms with E-state index in [0.717, 1.165) is 10.6 Å². The van der Waals surface area contributed by atoms with Crippen LogP contribution in [-0.4, -0.2) is 33.0 Å². The average Bonchev–Trinajstić information content (AvgIpc) is 3.05. The summed E-state index contributed by atoms with van der Waals surface area (Å²) in [6.07, 6.45) is 0.161. The highest BCUT2D eigenvalue weighted by Crippen LogP contribution is 2.11. The molecule has 2 aromatic rings. The zero-order valence-corrected chi connectivity index (χ0v) is 14.5. The number of hydrazine groups is 1. The van der Waals surface area contributed by atoms with E-state index in [1.807, 2.05) is 30.3 Å². The lowest BCUT2D eigenvalue weighted by Gasteiger charge is -2.26. The first-order valence-corrected chi connectivity index (χ1v) is 7.80. The quantitative estimate of drug-likeness (QED) is 0.830. The molecule has 2 N–H and O–H groups in total. The Hall–Kier alpha value is -3.03. The van der Waals surface area contributed by atoms with E-state index < -0.39 is 17.8 Å². The van der Waals surface area contributed by atoms with E-state index in [4.69, 9.17) is 9.47 Å². The summed E-state index contributed by atoms with van der Waals surface area (Å²) in [4.78, 5) is 24.3. The van der Waals surface area contributed by atoms with Crippen LogP contribution in [0.2, 0.25) is 0 Å². The van der Waals surface area contributed by atoms with E-state index in [0.29, 0.717) is 5.69 Å². The third-order valence-electron chi connectivity index (χ3n) is 2.93. The number of aromatic nitrogens is 2. The van der Waals surface area contributed by atoms with Gasteiger partial charge in [0.25, 0.3) is 0 Å². The summed E-state index contributed by atoms with van der Waals surface area (Å²) < 4.78 is 10.4. The van der Waals surface area contributed by atoms with Crippen molar-refractivity contribution in [2.45, 2.75) is 39.5 Å². The Balaban J connectivity index is 1.96. The molecule has 0 spiro atoms. The van der Waals surface area contributed by atoms with Gasteiger partial charge in [0, 0.05) is 6.20 Å². The Bertz CT molecular complexity index is 680. The number of carbonyl (C=O) groups excluding carboxylic acids is 2. The Morgan fingerprint density at radius 3 is 2.52 bits per heavy atom. The van der Waals surface area contributed by atoms with Crippen LogP contribution in [0.4, 0.5) is 9.59 Å². The van der Waals surface area contributed by atoms with Crippen molar-refractivity contribution in [1.29, 1.82) is 0 Å². The van der Waals surface area contributed by atoms with Gasteiger partial charge in [-0.25, -0.2) is 20.0 Å². The molecule has 0 bridgehead atoms. The van der Waals surface area contributed by atoms with Crippen molar-refractivity contribution in [2.75, 3.05) is 0 Å². The lowest BCUT2D eigenvalue weighted by molar-refractivity contribution is 0.00919. The molecular formula is C17H22N4O4. The highest BCUT2D eigenvalue weighted by Gasteiger charge is 2.25. The van der Waals surface area contributed by atoms with Crippen LogP contribution in [0.1, 0.15) is 32.0 Å². The van der Waals surface area contributed by atoms with E-state index >= 15 is 0 Å². The lowest BCUT2D eigenvalue weighted by atomic mass is 10.2. The molecule has 0 aliphatic heterocycles. The summed E-state index contributed by atoms with van der Waals surface area (Å²) in [6, 6.07) is 10.9. The average molecular weight is 346 g/mol. The van der Waals surface area contributed by atoms with Gasteiger partial charge in [-0.15, -0.1) is 0 Å². The van der Waals surface area contributed by atoms with Gasteiger partial charge in [-0.3, -0.25) is 5.10 Å². The summed E-state index contributed by atoms with van der Waals surface area (Å²) in [5, 5.41) is 7.64. The number of hydrogen-bond acceptors (Lipinski definition) is 5. The summed E-state index contributed by atoms with van der Waals surface area (Å²) in [5.74, 6) is 0. The van der Waals surface area contributed by atoms with E-state index in [1.165, 1.54) is 0 Å². The molecule has 0 atom stereocenters. The number of nitrogens with zero attached hydrogens (tertiary/aromatic N) is 2. The predicted octanol–water partition coefficient (Wildman–Crippen LogP) is 2.99. The number of hydrogen-bond donors (Lipinski definition) is 2.